The summed E-state index contributed by atoms with van der Waals surface area (Å²) in [5.41, 5.74) is -0.667. The molecule has 0 radical (unpaired) electrons. The number of carbonyl (C=O) groups is 1. The second kappa shape index (κ2) is 16.7. The molecule has 1 N–H and O–H groups in total. The number of nitrogens with zero attached hydrogens (tertiary/aromatic N) is 2. The predicted octanol–water partition coefficient (Wildman–Crippen LogP) is 7.21. The van der Waals surface area contributed by atoms with Gasteiger partial charge in [0.15, 0.2) is 11.6 Å². The maximum atomic E-state index is 14.4. The molecule has 2 heterocycles. The van der Waals surface area contributed by atoms with Crippen LogP contribution in [0.5, 0.6) is 0 Å². The molecule has 3 unspecified atom stereocenters. The summed E-state index contributed by atoms with van der Waals surface area (Å²) in [6.45, 7) is 6.98. The molecular weight excluding hydrogens is 449 g/mol. The summed E-state index contributed by atoms with van der Waals surface area (Å²) in [5, 5.41) is 2.24. The van der Waals surface area contributed by atoms with Crippen molar-refractivity contribution in [3.63, 3.8) is 0 Å². The molecule has 7 nitrogen and oxygen atoms in total. The minimum absolute atomic E-state index is 0.0581. The van der Waals surface area contributed by atoms with Crippen LogP contribution in [0.3, 0.4) is 0 Å². The lowest BCUT2D eigenvalue weighted by molar-refractivity contribution is 0.0319. The Labute approximate surface area is 210 Å². The first-order chi connectivity index (χ1) is 16.9. The number of hydrogen-bond donors (Lipinski definition) is 1. The third-order valence-electron chi connectivity index (χ3n) is 7.01. The van der Waals surface area contributed by atoms with Crippen molar-refractivity contribution in [2.45, 2.75) is 117 Å². The molecule has 2 rings (SSSR count). The molecule has 1 fully saturated rings. The summed E-state index contributed by atoms with van der Waals surface area (Å²) in [6, 6.07) is 0. The topological polar surface area (TPSA) is 82.5 Å². The van der Waals surface area contributed by atoms with E-state index in [1.54, 1.807) is 0 Å². The maximum Gasteiger partial charge on any atom is 0.412 e. The van der Waals surface area contributed by atoms with E-state index < -0.39 is 29.6 Å². The van der Waals surface area contributed by atoms with E-state index in [4.69, 9.17) is 9.47 Å². The quantitative estimate of drug-likeness (QED) is 0.231. The number of ether oxygens (including phenoxy) is 2. The van der Waals surface area contributed by atoms with Crippen molar-refractivity contribution in [3.05, 3.63) is 22.5 Å². The minimum Gasteiger partial charge on any atom is -0.449 e. The van der Waals surface area contributed by atoms with E-state index in [1.165, 1.54) is 70.6 Å². The van der Waals surface area contributed by atoms with Gasteiger partial charge in [-0.05, 0) is 12.3 Å². The lowest BCUT2D eigenvalue weighted by atomic mass is 9.98. The molecule has 1 aliphatic heterocycles. The first kappa shape index (κ1) is 29.3. The normalized spacial score (nSPS) is 19.7. The van der Waals surface area contributed by atoms with Gasteiger partial charge in [-0.3, -0.25) is 9.88 Å². The molecule has 0 bridgehead atoms. The van der Waals surface area contributed by atoms with Crippen LogP contribution in [0, 0.1) is 17.7 Å². The van der Waals surface area contributed by atoms with E-state index in [9.17, 15) is 14.0 Å². The average molecular weight is 496 g/mol. The number of hydrogen-bond acceptors (Lipinski definition) is 5. The van der Waals surface area contributed by atoms with Crippen molar-refractivity contribution in [2.75, 3.05) is 18.5 Å². The van der Waals surface area contributed by atoms with Crippen molar-refractivity contribution in [1.82, 2.24) is 9.55 Å². The second-order valence-electron chi connectivity index (χ2n) is 10.0. The number of carbonyl (C=O) groups excluding carboxylic acids is 1. The molecule has 1 aromatic rings. The van der Waals surface area contributed by atoms with Crippen molar-refractivity contribution in [3.8, 4) is 0 Å². The van der Waals surface area contributed by atoms with Crippen molar-refractivity contribution in [2.24, 2.45) is 11.8 Å². The van der Waals surface area contributed by atoms with Gasteiger partial charge in [-0.25, -0.2) is 14.0 Å². The number of amides is 1. The molecule has 8 heteroatoms. The zero-order valence-corrected chi connectivity index (χ0v) is 22.0. The monoisotopic (exact) mass is 495 g/mol. The Balaban J connectivity index is 1.52. The Morgan fingerprint density at radius 3 is 2.09 bits per heavy atom. The smallest absolute Gasteiger partial charge is 0.412 e. The van der Waals surface area contributed by atoms with Gasteiger partial charge in [0, 0.05) is 5.92 Å². The average Bonchev–Trinajstić information content (AvgIpc) is 3.16. The van der Waals surface area contributed by atoms with Crippen LogP contribution < -0.4 is 11.0 Å². The van der Waals surface area contributed by atoms with Crippen LogP contribution in [0.25, 0.3) is 0 Å². The molecule has 1 amide bonds. The fourth-order valence-corrected chi connectivity index (χ4v) is 4.48. The van der Waals surface area contributed by atoms with Gasteiger partial charge >= 0.3 is 11.8 Å². The third-order valence-corrected chi connectivity index (χ3v) is 7.01. The zero-order chi connectivity index (χ0) is 25.5. The van der Waals surface area contributed by atoms with E-state index in [2.05, 4.69) is 17.2 Å². The van der Waals surface area contributed by atoms with Gasteiger partial charge in [0.25, 0.3) is 0 Å². The molecule has 200 valence electrons. The Kier molecular flexibility index (Phi) is 13.9. The highest BCUT2D eigenvalue weighted by Gasteiger charge is 2.33. The van der Waals surface area contributed by atoms with Crippen LogP contribution in [0.2, 0.25) is 0 Å². The molecule has 0 aromatic carbocycles. The first-order valence-corrected chi connectivity index (χ1v) is 13.8. The van der Waals surface area contributed by atoms with Gasteiger partial charge in [0.1, 0.15) is 6.23 Å². The summed E-state index contributed by atoms with van der Waals surface area (Å²) in [5.74, 6) is -0.898. The molecule has 0 aliphatic carbocycles. The van der Waals surface area contributed by atoms with Crippen LogP contribution in [0.4, 0.5) is 15.0 Å². The van der Waals surface area contributed by atoms with E-state index in [0.717, 1.165) is 30.0 Å². The predicted molar refractivity (Wildman–Crippen MR) is 137 cm³/mol. The summed E-state index contributed by atoms with van der Waals surface area (Å²) in [4.78, 5) is 28.0. The van der Waals surface area contributed by atoms with Gasteiger partial charge in [-0.2, -0.15) is 4.98 Å². The summed E-state index contributed by atoms with van der Waals surface area (Å²) in [6.07, 6.45) is 17.2. The maximum absolute atomic E-state index is 14.4. The number of rotatable bonds is 17. The molecule has 1 aromatic heterocycles. The second-order valence-corrected chi connectivity index (χ2v) is 10.0. The van der Waals surface area contributed by atoms with Gasteiger partial charge in [-0.1, -0.05) is 104 Å². The highest BCUT2D eigenvalue weighted by Crippen LogP contribution is 2.33. The SMILES string of the molecule is CCCCCCCCCCCCCCCCOC(=O)Nc1nc(=O)n(C2OCC(C)C2C)cc1F. The number of aromatic nitrogens is 2. The van der Waals surface area contributed by atoms with Crippen LogP contribution in [-0.2, 0) is 9.47 Å². The fourth-order valence-electron chi connectivity index (χ4n) is 4.48. The van der Waals surface area contributed by atoms with E-state index in [1.807, 2.05) is 13.8 Å². The van der Waals surface area contributed by atoms with Crippen LogP contribution >= 0.6 is 0 Å². The van der Waals surface area contributed by atoms with E-state index in [-0.39, 0.29) is 18.4 Å². The van der Waals surface area contributed by atoms with Crippen LogP contribution in [-0.4, -0.2) is 28.9 Å². The number of nitrogens with one attached hydrogen (secondary N) is 1. The molecule has 0 saturated carbocycles. The van der Waals surface area contributed by atoms with E-state index >= 15 is 0 Å². The Hall–Kier alpha value is -1.96. The van der Waals surface area contributed by atoms with Crippen molar-refractivity contribution >= 4 is 11.9 Å². The van der Waals surface area contributed by atoms with Crippen LogP contribution in [0.15, 0.2) is 11.0 Å². The molecule has 3 atom stereocenters. The standard InChI is InChI=1S/C27H46FN3O4/c1-4-5-6-7-8-9-10-11-12-13-14-15-16-17-18-34-27(33)30-24-23(28)19-31(26(32)29-24)25-22(3)21(2)20-35-25/h19,21-22,25H,4-18,20H2,1-3H3,(H,29,30,32,33). The molecular formula is C27H46FN3O4. The Bertz CT molecular complexity index is 801. The van der Waals surface area contributed by atoms with Crippen molar-refractivity contribution < 1.29 is 18.7 Å². The fraction of sp³-hybridized carbons (Fsp3) is 0.815. The van der Waals surface area contributed by atoms with Gasteiger partial charge in [0.05, 0.1) is 19.4 Å². The number of anilines is 1. The Morgan fingerprint density at radius 2 is 1.57 bits per heavy atom. The summed E-state index contributed by atoms with van der Waals surface area (Å²) in [7, 11) is 0. The lowest BCUT2D eigenvalue weighted by Crippen LogP contribution is -2.31. The molecule has 35 heavy (non-hydrogen) atoms. The van der Waals surface area contributed by atoms with Crippen LogP contribution in [0.1, 0.15) is 117 Å². The first-order valence-electron chi connectivity index (χ1n) is 13.8. The van der Waals surface area contributed by atoms with Gasteiger partial charge in [0.2, 0.25) is 0 Å². The Morgan fingerprint density at radius 1 is 1.03 bits per heavy atom. The minimum atomic E-state index is -0.803. The largest absolute Gasteiger partial charge is 0.449 e. The lowest BCUT2D eigenvalue weighted by Gasteiger charge is -2.19. The zero-order valence-electron chi connectivity index (χ0n) is 22.0. The highest BCUT2D eigenvalue weighted by molar-refractivity contribution is 5.83. The summed E-state index contributed by atoms with van der Waals surface area (Å²) < 4.78 is 26.3. The van der Waals surface area contributed by atoms with E-state index in [0.29, 0.717) is 6.61 Å². The molecule has 0 spiro atoms. The summed E-state index contributed by atoms with van der Waals surface area (Å²) >= 11 is 0. The van der Waals surface area contributed by atoms with Gasteiger partial charge < -0.3 is 9.47 Å². The van der Waals surface area contributed by atoms with Gasteiger partial charge in [-0.15, -0.1) is 0 Å². The molecule has 1 saturated heterocycles. The number of halogens is 1. The third kappa shape index (κ3) is 10.7. The molecule has 1 aliphatic rings. The highest BCUT2D eigenvalue weighted by atomic mass is 19.1. The number of unbranched alkanes of at least 4 members (excludes halogenated alkanes) is 13. The van der Waals surface area contributed by atoms with Crippen molar-refractivity contribution in [1.29, 1.82) is 0 Å².